The Morgan fingerprint density at radius 1 is 0.429 bits per heavy atom. The van der Waals surface area contributed by atoms with Gasteiger partial charge in [0.2, 0.25) is 76.8 Å². The van der Waals surface area contributed by atoms with Crippen LogP contribution < -0.4 is 70.4 Å². The molecular weight excluding hydrogens is 1190 g/mol. The Labute approximate surface area is 533 Å². The highest BCUT2D eigenvalue weighted by atomic mass is 16.3. The first-order valence-electron chi connectivity index (χ1n) is 32.2. The van der Waals surface area contributed by atoms with Crippen molar-refractivity contribution in [1.29, 1.82) is 0 Å². The molecule has 1 saturated heterocycles. The monoisotopic (exact) mass is 1300 g/mol. The summed E-state index contributed by atoms with van der Waals surface area (Å²) in [4.78, 5) is 174. The van der Waals surface area contributed by atoms with E-state index in [0.29, 0.717) is 44.9 Å². The lowest BCUT2D eigenvalue weighted by molar-refractivity contribution is -0.139. The first-order chi connectivity index (χ1) is 43.0. The molecule has 0 saturated carbocycles. The summed E-state index contributed by atoms with van der Waals surface area (Å²) < 4.78 is 0. The maximum atomic E-state index is 14.1. The van der Waals surface area contributed by atoms with Gasteiger partial charge >= 0.3 is 0 Å². The van der Waals surface area contributed by atoms with Crippen LogP contribution in [0.5, 0.6) is 0 Å². The van der Waals surface area contributed by atoms with E-state index in [4.69, 9.17) is 17.2 Å². The fourth-order valence-corrected chi connectivity index (χ4v) is 9.88. The maximum absolute atomic E-state index is 14.1. The number of aliphatic hydroxyl groups excluding tert-OH is 5. The average molecular weight is 1300 g/mol. The molecule has 0 bridgehead atoms. The van der Waals surface area contributed by atoms with Gasteiger partial charge in [0.1, 0.15) is 54.4 Å². The number of primary amides is 3. The van der Waals surface area contributed by atoms with Crippen molar-refractivity contribution in [2.24, 2.45) is 17.2 Å². The Balaban J connectivity index is 3.77. The van der Waals surface area contributed by atoms with Crippen molar-refractivity contribution in [3.63, 3.8) is 0 Å². The highest BCUT2D eigenvalue weighted by Crippen LogP contribution is 2.17. The first kappa shape index (κ1) is 81.9. The van der Waals surface area contributed by atoms with Gasteiger partial charge in [0.25, 0.3) is 0 Å². The van der Waals surface area contributed by atoms with E-state index < -0.39 is 188 Å². The predicted octanol–water partition coefficient (Wildman–Crippen LogP) is -3.00. The van der Waals surface area contributed by atoms with Crippen LogP contribution in [0.3, 0.4) is 0 Å². The van der Waals surface area contributed by atoms with Gasteiger partial charge in [0.15, 0.2) is 0 Å². The van der Waals surface area contributed by atoms with E-state index in [1.807, 2.05) is 0 Å². The Bertz CT molecular complexity index is 2330. The quantitative estimate of drug-likeness (QED) is 0.0286. The summed E-state index contributed by atoms with van der Waals surface area (Å²) >= 11 is 0. The van der Waals surface area contributed by atoms with Crippen molar-refractivity contribution in [2.45, 2.75) is 287 Å². The molecule has 21 N–H and O–H groups in total. The molecule has 0 aromatic carbocycles. The van der Waals surface area contributed by atoms with Gasteiger partial charge < -0.3 is 95.9 Å². The van der Waals surface area contributed by atoms with Gasteiger partial charge in [-0.3, -0.25) is 62.3 Å². The number of amides is 13. The van der Waals surface area contributed by atoms with Gasteiger partial charge in [-0.25, -0.2) is 0 Å². The van der Waals surface area contributed by atoms with Gasteiger partial charge in [-0.2, -0.15) is 0 Å². The van der Waals surface area contributed by atoms with Crippen molar-refractivity contribution in [3.8, 4) is 0 Å². The smallest absolute Gasteiger partial charge is 0.246 e. The number of unbranched alkanes of at least 4 members (excludes halogenated alkanes) is 14. The van der Waals surface area contributed by atoms with E-state index in [9.17, 15) is 87.9 Å². The minimum absolute atomic E-state index is 0.0169. The number of nitrogens with one attached hydrogen (secondary N) is 10. The third-order valence-electron chi connectivity index (χ3n) is 15.4. The molecule has 91 heavy (non-hydrogen) atoms. The maximum Gasteiger partial charge on any atom is 0.246 e. The van der Waals surface area contributed by atoms with E-state index >= 15 is 0 Å². The van der Waals surface area contributed by atoms with Gasteiger partial charge in [-0.15, -0.1) is 0 Å². The van der Waals surface area contributed by atoms with Crippen LogP contribution in [0.2, 0.25) is 0 Å². The van der Waals surface area contributed by atoms with Gasteiger partial charge in [-0.1, -0.05) is 123 Å². The van der Waals surface area contributed by atoms with Crippen molar-refractivity contribution in [2.75, 3.05) is 13.1 Å². The second-order valence-electron chi connectivity index (χ2n) is 23.7. The van der Waals surface area contributed by atoms with Crippen molar-refractivity contribution < 1.29 is 87.9 Å². The highest BCUT2D eigenvalue weighted by molar-refractivity contribution is 6.00. The fraction of sp³-hybridized carbons (Fsp3) is 0.783. The largest absolute Gasteiger partial charge is 0.393 e. The Hall–Kier alpha value is -7.09. The number of carbonyl (C=O) groups excluding carboxylic acids is 13. The van der Waals surface area contributed by atoms with Gasteiger partial charge in [0.05, 0.1) is 43.8 Å². The zero-order valence-electron chi connectivity index (χ0n) is 53.8. The average Bonchev–Trinajstić information content (AvgIpc) is 2.42. The second-order valence-corrected chi connectivity index (χ2v) is 23.7. The number of carbonyl (C=O) groups is 13. The third kappa shape index (κ3) is 35.9. The molecule has 31 nitrogen and oxygen atoms in total. The lowest BCUT2D eigenvalue weighted by Gasteiger charge is -2.29. The number of nitrogens with two attached hydrogens (primary N) is 3. The number of aliphatic hydroxyl groups is 5. The van der Waals surface area contributed by atoms with Gasteiger partial charge in [-0.05, 0) is 59.3 Å². The van der Waals surface area contributed by atoms with Crippen molar-refractivity contribution >= 4 is 76.8 Å². The lowest BCUT2D eigenvalue weighted by atomic mass is 10.0. The standard InChI is InChI=1S/C60H107N13O18/c1-6-8-10-12-13-14-16-21-25-39(77)27-28-41-54(85)65-34-49(82)64-30-29-48(81)67-40(26-22-18-15-17-20-24-38(76)23-19-11-9-7-2)55(86)70-44(33-47(62)80)57(88)71-43(32-46(61)79)56(87)66-35(3)53(84)69-42(31-45(78)52(63)83)58(89)72-51(37(5)75)60(91)73-50(36(4)74)59(90)68-41/h35-45,50-51,74-78H,6-34H2,1-5H3,(H2,61,79)(H2,62,80)(H2,63,83)(H,64,82)(H,65,85)(H,66,87)(H,67,81)(H,68,90)(H,69,84)(H,70,86)(H,71,88)(H,72,89)(H,73,91)/t35-,36-,37+,38-,39-,40+,41+,42-,43+,44-,45-,50+,51-/m1/s1. The molecular formula is C60H107N13O18. The summed E-state index contributed by atoms with van der Waals surface area (Å²) in [5, 5.41) is 76.6. The van der Waals surface area contributed by atoms with E-state index in [-0.39, 0.29) is 25.8 Å². The number of hydrogen-bond acceptors (Lipinski definition) is 18. The molecule has 0 unspecified atom stereocenters. The van der Waals surface area contributed by atoms with Crippen molar-refractivity contribution in [1.82, 2.24) is 53.2 Å². The molecule has 31 heteroatoms. The molecule has 0 aliphatic carbocycles. The Morgan fingerprint density at radius 3 is 1.32 bits per heavy atom. The van der Waals surface area contributed by atoms with E-state index in [2.05, 4.69) is 67.0 Å². The van der Waals surface area contributed by atoms with Crippen molar-refractivity contribution in [3.05, 3.63) is 0 Å². The van der Waals surface area contributed by atoms with E-state index in [1.165, 1.54) is 0 Å². The highest BCUT2D eigenvalue weighted by Gasteiger charge is 2.38. The minimum Gasteiger partial charge on any atom is -0.393 e. The normalized spacial score (nSPS) is 23.7. The SMILES string of the molecule is CCCCCCCCCC[C@@H](O)CC[C@@H]1NC(=O)[C@H]([C@@H](C)O)NC(=O)[C@@H]([C@H](C)O)NC(=O)[C@@H](C[C@@H](O)C(N)=O)NC(=O)[C@@H](C)NC(=O)[C@H](CC(N)=O)NC(=O)[C@@H](CC(N)=O)NC(=O)[C@H](CCCCCCC[C@H](O)CCCCCC)NC(=O)CCNC(=O)CNC1=O. The molecule has 13 atom stereocenters. The number of rotatable bonds is 34. The van der Waals surface area contributed by atoms with E-state index in [1.54, 1.807) is 0 Å². The predicted molar refractivity (Wildman–Crippen MR) is 332 cm³/mol. The van der Waals surface area contributed by atoms with Crippen LogP contribution in [0.25, 0.3) is 0 Å². The summed E-state index contributed by atoms with van der Waals surface area (Å²) in [7, 11) is 0. The van der Waals surface area contributed by atoms with E-state index in [0.717, 1.165) is 104 Å². The third-order valence-corrected chi connectivity index (χ3v) is 15.4. The topological polar surface area (TPSA) is 521 Å². The number of hydrogen-bond donors (Lipinski definition) is 18. The van der Waals surface area contributed by atoms with Crippen LogP contribution in [-0.2, 0) is 62.3 Å². The summed E-state index contributed by atoms with van der Waals surface area (Å²) in [6, 6.07) is -14.4. The minimum atomic E-state index is -2.15. The molecule has 1 aliphatic heterocycles. The molecule has 1 heterocycles. The zero-order valence-corrected chi connectivity index (χ0v) is 53.8. The first-order valence-corrected chi connectivity index (χ1v) is 32.2. The molecule has 0 aromatic rings. The van der Waals surface area contributed by atoms with Crippen LogP contribution in [0.15, 0.2) is 0 Å². The summed E-state index contributed by atoms with van der Waals surface area (Å²) in [5.41, 5.74) is 16.1. The summed E-state index contributed by atoms with van der Waals surface area (Å²) in [5.74, 6) is -14.9. The Morgan fingerprint density at radius 2 is 0.824 bits per heavy atom. The molecule has 0 spiro atoms. The van der Waals surface area contributed by atoms with Crippen LogP contribution in [0, 0.1) is 0 Å². The lowest BCUT2D eigenvalue weighted by Crippen LogP contribution is -2.63. The van der Waals surface area contributed by atoms with Crippen LogP contribution in [0.4, 0.5) is 0 Å². The summed E-state index contributed by atoms with van der Waals surface area (Å²) in [6.45, 7) is 6.34. The fourth-order valence-electron chi connectivity index (χ4n) is 9.88. The van der Waals surface area contributed by atoms with Crippen LogP contribution in [-0.4, -0.2) is 194 Å². The molecule has 520 valence electrons. The second kappa shape index (κ2) is 46.0. The Kier molecular flexibility index (Phi) is 41.5. The molecule has 13 amide bonds. The van der Waals surface area contributed by atoms with Crippen LogP contribution >= 0.6 is 0 Å². The van der Waals surface area contributed by atoms with Gasteiger partial charge in [0, 0.05) is 19.4 Å². The molecule has 1 aliphatic rings. The zero-order chi connectivity index (χ0) is 68.6. The molecule has 0 radical (unpaired) electrons. The van der Waals surface area contributed by atoms with Crippen LogP contribution in [0.1, 0.15) is 208 Å². The molecule has 1 fully saturated rings. The summed E-state index contributed by atoms with van der Waals surface area (Å²) in [6.07, 6.45) is 6.31. The molecule has 1 rings (SSSR count). The molecule has 0 aromatic heterocycles.